The van der Waals surface area contributed by atoms with Crippen molar-refractivity contribution in [2.75, 3.05) is 7.11 Å². The number of carbonyl (C=O) groups excluding carboxylic acids is 1. The van der Waals surface area contributed by atoms with Crippen molar-refractivity contribution in [1.82, 2.24) is 9.55 Å². The third-order valence-electron chi connectivity index (χ3n) is 4.62. The molecule has 4 aromatic rings. The minimum atomic E-state index is -0.465. The Morgan fingerprint density at radius 2 is 2.00 bits per heavy atom. The summed E-state index contributed by atoms with van der Waals surface area (Å²) < 4.78 is 11.9. The Morgan fingerprint density at radius 1 is 1.25 bits per heavy atom. The van der Waals surface area contributed by atoms with Gasteiger partial charge in [-0.25, -0.2) is 9.78 Å². The van der Waals surface area contributed by atoms with Gasteiger partial charge in [0.1, 0.15) is 21.9 Å². The van der Waals surface area contributed by atoms with Crippen molar-refractivity contribution in [1.29, 1.82) is 0 Å². The Kier molecular flexibility index (Phi) is 4.60. The van der Waals surface area contributed by atoms with Crippen LogP contribution in [-0.4, -0.2) is 22.6 Å². The van der Waals surface area contributed by atoms with Crippen molar-refractivity contribution in [3.05, 3.63) is 75.0 Å². The molecule has 0 aliphatic rings. The molecule has 142 valence electrons. The van der Waals surface area contributed by atoms with E-state index in [9.17, 15) is 9.59 Å². The smallest absolute Gasteiger partial charge is 0.341 e. The van der Waals surface area contributed by atoms with Crippen LogP contribution in [0.4, 0.5) is 0 Å². The second kappa shape index (κ2) is 7.09. The number of carbonyl (C=O) groups is 1. The summed E-state index contributed by atoms with van der Waals surface area (Å²) in [4.78, 5) is 31.2. The van der Waals surface area contributed by atoms with Crippen LogP contribution in [0.2, 0.25) is 0 Å². The Bertz CT molecular complexity index is 1230. The maximum Gasteiger partial charge on any atom is 0.341 e. The fourth-order valence-corrected chi connectivity index (χ4v) is 4.31. The molecule has 3 aromatic heterocycles. The predicted molar refractivity (Wildman–Crippen MR) is 108 cm³/mol. The Hall–Kier alpha value is -3.19. The summed E-state index contributed by atoms with van der Waals surface area (Å²) in [5.74, 6) is 0.489. The van der Waals surface area contributed by atoms with Crippen LogP contribution in [0.15, 0.2) is 51.9 Å². The van der Waals surface area contributed by atoms with Gasteiger partial charge in [0.15, 0.2) is 0 Å². The van der Waals surface area contributed by atoms with Gasteiger partial charge in [-0.1, -0.05) is 30.3 Å². The molecule has 1 aromatic carbocycles. The van der Waals surface area contributed by atoms with Crippen LogP contribution < -0.4 is 5.56 Å². The zero-order valence-corrected chi connectivity index (χ0v) is 16.5. The van der Waals surface area contributed by atoms with Gasteiger partial charge in [-0.2, -0.15) is 0 Å². The van der Waals surface area contributed by atoms with E-state index in [1.54, 1.807) is 13.0 Å². The van der Waals surface area contributed by atoms with Crippen LogP contribution in [0, 0.1) is 13.8 Å². The summed E-state index contributed by atoms with van der Waals surface area (Å²) in [6, 6.07) is 11.4. The van der Waals surface area contributed by atoms with Crippen molar-refractivity contribution in [2.45, 2.75) is 20.4 Å². The number of rotatable bonds is 4. The van der Waals surface area contributed by atoms with E-state index >= 15 is 0 Å². The number of furan rings is 1. The summed E-state index contributed by atoms with van der Waals surface area (Å²) in [5, 5.41) is 0.604. The zero-order chi connectivity index (χ0) is 19.8. The molecule has 4 rings (SSSR count). The average molecular weight is 394 g/mol. The number of thiophene rings is 1. The van der Waals surface area contributed by atoms with Gasteiger partial charge >= 0.3 is 5.97 Å². The predicted octanol–water partition coefficient (Wildman–Crippen LogP) is 4.17. The van der Waals surface area contributed by atoms with Gasteiger partial charge in [-0.15, -0.1) is 11.3 Å². The first-order valence-electron chi connectivity index (χ1n) is 8.71. The highest BCUT2D eigenvalue weighted by molar-refractivity contribution is 7.19. The van der Waals surface area contributed by atoms with Gasteiger partial charge in [-0.3, -0.25) is 9.36 Å². The number of esters is 1. The molecular weight excluding hydrogens is 376 g/mol. The Balaban J connectivity index is 1.81. The van der Waals surface area contributed by atoms with Gasteiger partial charge in [0.05, 0.1) is 25.4 Å². The van der Waals surface area contributed by atoms with Crippen molar-refractivity contribution in [2.24, 2.45) is 0 Å². The lowest BCUT2D eigenvalue weighted by Crippen LogP contribution is -2.20. The molecule has 28 heavy (non-hydrogen) atoms. The van der Waals surface area contributed by atoms with E-state index in [1.807, 2.05) is 37.3 Å². The molecule has 0 radical (unpaired) electrons. The molecule has 7 heteroatoms. The second-order valence-corrected chi connectivity index (χ2v) is 7.63. The minimum absolute atomic E-state index is 0.137. The highest BCUT2D eigenvalue weighted by Crippen LogP contribution is 2.35. The lowest BCUT2D eigenvalue weighted by Gasteiger charge is -2.05. The number of ether oxygens (including phenoxy) is 1. The topological polar surface area (TPSA) is 74.3 Å². The molecule has 0 unspecified atom stereocenters. The summed E-state index contributed by atoms with van der Waals surface area (Å²) in [6.45, 7) is 3.87. The molecule has 0 saturated heterocycles. The molecule has 6 nitrogen and oxygen atoms in total. The molecule has 0 spiro atoms. The number of hydrogen-bond donors (Lipinski definition) is 0. The Labute approximate surface area is 165 Å². The number of nitrogens with zero attached hydrogens (tertiary/aromatic N) is 2. The zero-order valence-electron chi connectivity index (χ0n) is 15.7. The van der Waals surface area contributed by atoms with Gasteiger partial charge in [-0.05, 0) is 25.5 Å². The summed E-state index contributed by atoms with van der Waals surface area (Å²) in [5.41, 5.74) is 2.13. The fraction of sp³-hybridized carbons (Fsp3) is 0.190. The molecular formula is C21H18N2O4S. The number of aromatic nitrogens is 2. The van der Waals surface area contributed by atoms with Crippen LogP contribution in [0.1, 0.15) is 26.8 Å². The quantitative estimate of drug-likeness (QED) is 0.486. The average Bonchev–Trinajstić information content (AvgIpc) is 3.23. The first-order chi connectivity index (χ1) is 13.5. The van der Waals surface area contributed by atoms with E-state index in [-0.39, 0.29) is 12.1 Å². The van der Waals surface area contributed by atoms with Gasteiger partial charge in [0.25, 0.3) is 5.56 Å². The third-order valence-corrected chi connectivity index (χ3v) is 5.63. The van der Waals surface area contributed by atoms with Crippen LogP contribution in [0.5, 0.6) is 0 Å². The maximum absolute atomic E-state index is 13.2. The minimum Gasteiger partial charge on any atom is -0.465 e. The molecule has 3 heterocycles. The normalized spacial score (nSPS) is 11.1. The van der Waals surface area contributed by atoms with E-state index in [0.29, 0.717) is 27.3 Å². The molecule has 0 aliphatic carbocycles. The Morgan fingerprint density at radius 3 is 2.71 bits per heavy atom. The molecule has 0 aliphatic heterocycles. The molecule has 0 N–H and O–H groups in total. The second-order valence-electron chi connectivity index (χ2n) is 6.43. The highest BCUT2D eigenvalue weighted by atomic mass is 32.1. The van der Waals surface area contributed by atoms with E-state index in [2.05, 4.69) is 4.98 Å². The standard InChI is InChI=1S/C21H18N2O4S/c1-12-16(21(25)26-3)9-15(27-12)10-23-11-22-19-18(20(23)24)17(13(2)28-19)14-7-5-4-6-8-14/h4-9,11H,10H2,1-3H3. The van der Waals surface area contributed by atoms with E-state index in [0.717, 1.165) is 16.0 Å². The van der Waals surface area contributed by atoms with Crippen LogP contribution in [0.25, 0.3) is 21.3 Å². The number of benzene rings is 1. The van der Waals surface area contributed by atoms with E-state index in [4.69, 9.17) is 9.15 Å². The lowest BCUT2D eigenvalue weighted by atomic mass is 10.0. The number of methoxy groups -OCH3 is 1. The fourth-order valence-electron chi connectivity index (χ4n) is 3.30. The SMILES string of the molecule is COC(=O)c1cc(Cn2cnc3sc(C)c(-c4ccccc4)c3c2=O)oc1C. The van der Waals surface area contributed by atoms with Crippen molar-refractivity contribution >= 4 is 27.5 Å². The summed E-state index contributed by atoms with van der Waals surface area (Å²) in [6.07, 6.45) is 1.52. The number of fused-ring (bicyclic) bond motifs is 1. The molecule has 0 amide bonds. The first-order valence-corrected chi connectivity index (χ1v) is 9.53. The molecule has 0 fully saturated rings. The van der Waals surface area contributed by atoms with E-state index in [1.165, 1.54) is 29.3 Å². The highest BCUT2D eigenvalue weighted by Gasteiger charge is 2.19. The van der Waals surface area contributed by atoms with Crippen molar-refractivity contribution < 1.29 is 13.9 Å². The molecule has 0 atom stereocenters. The number of aryl methyl sites for hydroxylation is 2. The summed E-state index contributed by atoms with van der Waals surface area (Å²) >= 11 is 1.51. The molecule has 0 saturated carbocycles. The largest absolute Gasteiger partial charge is 0.465 e. The van der Waals surface area contributed by atoms with Crippen LogP contribution in [0.3, 0.4) is 0 Å². The first kappa shape index (κ1) is 18.2. The number of hydrogen-bond acceptors (Lipinski definition) is 6. The van der Waals surface area contributed by atoms with Crippen molar-refractivity contribution in [3.8, 4) is 11.1 Å². The monoisotopic (exact) mass is 394 g/mol. The van der Waals surface area contributed by atoms with Gasteiger partial charge in [0, 0.05) is 10.4 Å². The van der Waals surface area contributed by atoms with Crippen molar-refractivity contribution in [3.63, 3.8) is 0 Å². The lowest BCUT2D eigenvalue weighted by molar-refractivity contribution is 0.0599. The van der Waals surface area contributed by atoms with Crippen LogP contribution >= 0.6 is 11.3 Å². The van der Waals surface area contributed by atoms with Gasteiger partial charge in [0.2, 0.25) is 0 Å². The maximum atomic E-state index is 13.2. The summed E-state index contributed by atoms with van der Waals surface area (Å²) in [7, 11) is 1.32. The molecule has 0 bridgehead atoms. The van der Waals surface area contributed by atoms with Crippen LogP contribution in [-0.2, 0) is 11.3 Å². The van der Waals surface area contributed by atoms with Gasteiger partial charge < -0.3 is 9.15 Å². The third kappa shape index (κ3) is 3.03. The van der Waals surface area contributed by atoms with E-state index < -0.39 is 5.97 Å².